The first-order chi connectivity index (χ1) is 12.0. The van der Waals surface area contributed by atoms with Crippen molar-refractivity contribution in [2.24, 2.45) is 0 Å². The van der Waals surface area contributed by atoms with Gasteiger partial charge in [0.1, 0.15) is 11.5 Å². The SMILES string of the molecule is CN(Cc1cccc(OC(F)F)c1)C(=O)[C@H]1CCOc2ccccc21. The third kappa shape index (κ3) is 4.07. The minimum absolute atomic E-state index is 0.0177. The van der Waals surface area contributed by atoms with Crippen molar-refractivity contribution in [2.45, 2.75) is 25.5 Å². The van der Waals surface area contributed by atoms with Crippen molar-refractivity contribution in [3.8, 4) is 11.5 Å². The lowest BCUT2D eigenvalue weighted by molar-refractivity contribution is -0.132. The van der Waals surface area contributed by atoms with E-state index in [4.69, 9.17) is 4.74 Å². The van der Waals surface area contributed by atoms with E-state index < -0.39 is 6.61 Å². The smallest absolute Gasteiger partial charge is 0.387 e. The van der Waals surface area contributed by atoms with Gasteiger partial charge in [-0.25, -0.2) is 0 Å². The number of nitrogens with zero attached hydrogens (tertiary/aromatic N) is 1. The number of halogens is 2. The largest absolute Gasteiger partial charge is 0.493 e. The van der Waals surface area contributed by atoms with Crippen LogP contribution < -0.4 is 9.47 Å². The van der Waals surface area contributed by atoms with Crippen molar-refractivity contribution in [3.63, 3.8) is 0 Å². The molecule has 0 saturated carbocycles. The molecule has 0 radical (unpaired) electrons. The highest BCUT2D eigenvalue weighted by atomic mass is 19.3. The monoisotopic (exact) mass is 347 g/mol. The van der Waals surface area contributed by atoms with E-state index in [0.717, 1.165) is 16.9 Å². The Balaban J connectivity index is 1.72. The lowest BCUT2D eigenvalue weighted by Crippen LogP contribution is -2.33. The van der Waals surface area contributed by atoms with Gasteiger partial charge >= 0.3 is 6.61 Å². The molecule has 0 aromatic heterocycles. The molecule has 1 aliphatic rings. The van der Waals surface area contributed by atoms with E-state index in [-0.39, 0.29) is 17.6 Å². The van der Waals surface area contributed by atoms with Crippen LogP contribution in [0.4, 0.5) is 8.78 Å². The van der Waals surface area contributed by atoms with E-state index in [9.17, 15) is 13.6 Å². The predicted octanol–water partition coefficient (Wildman–Crippen LogP) is 3.81. The van der Waals surface area contributed by atoms with Crippen LogP contribution in [0.3, 0.4) is 0 Å². The molecule has 0 bridgehead atoms. The van der Waals surface area contributed by atoms with Crippen molar-refractivity contribution in [1.29, 1.82) is 0 Å². The Morgan fingerprint density at radius 3 is 2.88 bits per heavy atom. The summed E-state index contributed by atoms with van der Waals surface area (Å²) in [6, 6.07) is 13.9. The van der Waals surface area contributed by atoms with Gasteiger partial charge < -0.3 is 14.4 Å². The fourth-order valence-electron chi connectivity index (χ4n) is 3.04. The van der Waals surface area contributed by atoms with Crippen LogP contribution in [-0.2, 0) is 11.3 Å². The highest BCUT2D eigenvalue weighted by molar-refractivity contribution is 5.84. The van der Waals surface area contributed by atoms with E-state index in [0.29, 0.717) is 19.6 Å². The fraction of sp³-hybridized carbons (Fsp3) is 0.316. The van der Waals surface area contributed by atoms with Gasteiger partial charge in [-0.05, 0) is 30.2 Å². The zero-order chi connectivity index (χ0) is 17.8. The zero-order valence-corrected chi connectivity index (χ0v) is 13.8. The van der Waals surface area contributed by atoms with Gasteiger partial charge in [0.25, 0.3) is 0 Å². The van der Waals surface area contributed by atoms with Crippen LogP contribution in [0.15, 0.2) is 48.5 Å². The number of rotatable bonds is 5. The average Bonchev–Trinajstić information content (AvgIpc) is 2.60. The molecule has 0 unspecified atom stereocenters. The van der Waals surface area contributed by atoms with Crippen LogP contribution in [0.25, 0.3) is 0 Å². The molecule has 1 aliphatic heterocycles. The summed E-state index contributed by atoms with van der Waals surface area (Å²) in [6.07, 6.45) is 0.620. The van der Waals surface area contributed by atoms with Gasteiger partial charge in [-0.1, -0.05) is 30.3 Å². The summed E-state index contributed by atoms with van der Waals surface area (Å²) in [4.78, 5) is 14.5. The first kappa shape index (κ1) is 17.2. The number of alkyl halides is 2. The van der Waals surface area contributed by atoms with Crippen molar-refractivity contribution < 1.29 is 23.0 Å². The highest BCUT2D eigenvalue weighted by Crippen LogP contribution is 2.34. The Morgan fingerprint density at radius 1 is 1.28 bits per heavy atom. The molecule has 3 rings (SSSR count). The lowest BCUT2D eigenvalue weighted by Gasteiger charge is -2.29. The number of hydrogen-bond acceptors (Lipinski definition) is 3. The first-order valence-corrected chi connectivity index (χ1v) is 8.05. The van der Waals surface area contributed by atoms with E-state index in [1.807, 2.05) is 24.3 Å². The molecule has 0 saturated heterocycles. The van der Waals surface area contributed by atoms with Gasteiger partial charge in [-0.3, -0.25) is 4.79 Å². The minimum Gasteiger partial charge on any atom is -0.493 e. The number of hydrogen-bond donors (Lipinski definition) is 0. The normalized spacial score (nSPS) is 16.1. The molecular weight excluding hydrogens is 328 g/mol. The molecule has 0 fully saturated rings. The van der Waals surface area contributed by atoms with Gasteiger partial charge in [0.2, 0.25) is 5.91 Å². The molecule has 1 heterocycles. The van der Waals surface area contributed by atoms with Crippen LogP contribution in [0.5, 0.6) is 11.5 Å². The Hall–Kier alpha value is -2.63. The third-order valence-corrected chi connectivity index (χ3v) is 4.18. The summed E-state index contributed by atoms with van der Waals surface area (Å²) in [6.45, 7) is -2.05. The van der Waals surface area contributed by atoms with Crippen molar-refractivity contribution in [3.05, 3.63) is 59.7 Å². The molecule has 1 amide bonds. The van der Waals surface area contributed by atoms with Crippen LogP contribution >= 0.6 is 0 Å². The van der Waals surface area contributed by atoms with Gasteiger partial charge in [-0.15, -0.1) is 0 Å². The minimum atomic E-state index is -2.87. The Bertz CT molecular complexity index is 751. The molecule has 25 heavy (non-hydrogen) atoms. The molecular formula is C19H19F2NO3. The quantitative estimate of drug-likeness (QED) is 0.825. The second-order valence-corrected chi connectivity index (χ2v) is 5.95. The molecule has 0 spiro atoms. The van der Waals surface area contributed by atoms with Crippen LogP contribution in [0.1, 0.15) is 23.5 Å². The molecule has 1 atom stereocenters. The first-order valence-electron chi connectivity index (χ1n) is 8.05. The van der Waals surface area contributed by atoms with E-state index in [1.54, 1.807) is 24.1 Å². The summed E-state index contributed by atoms with van der Waals surface area (Å²) >= 11 is 0. The fourth-order valence-corrected chi connectivity index (χ4v) is 3.04. The number of benzene rings is 2. The second kappa shape index (κ2) is 7.51. The molecule has 2 aromatic rings. The van der Waals surface area contributed by atoms with Gasteiger partial charge in [0, 0.05) is 19.2 Å². The molecule has 6 heteroatoms. The Labute approximate surface area is 145 Å². The predicted molar refractivity (Wildman–Crippen MR) is 88.8 cm³/mol. The van der Waals surface area contributed by atoms with Crippen LogP contribution in [0, 0.1) is 0 Å². The van der Waals surface area contributed by atoms with Gasteiger partial charge in [0.15, 0.2) is 0 Å². The van der Waals surface area contributed by atoms with Crippen molar-refractivity contribution in [1.82, 2.24) is 4.90 Å². The summed E-state index contributed by atoms with van der Waals surface area (Å²) < 4.78 is 34.7. The number of ether oxygens (including phenoxy) is 2. The van der Waals surface area contributed by atoms with E-state index in [1.165, 1.54) is 12.1 Å². The van der Waals surface area contributed by atoms with Crippen molar-refractivity contribution >= 4 is 5.91 Å². The molecule has 0 aliphatic carbocycles. The van der Waals surface area contributed by atoms with Crippen LogP contribution in [0.2, 0.25) is 0 Å². The number of carbonyl (C=O) groups is 1. The summed E-state index contributed by atoms with van der Waals surface area (Å²) in [5.74, 6) is 0.559. The van der Waals surface area contributed by atoms with E-state index >= 15 is 0 Å². The molecule has 0 N–H and O–H groups in total. The summed E-state index contributed by atoms with van der Waals surface area (Å²) in [5, 5.41) is 0. The molecule has 132 valence electrons. The zero-order valence-electron chi connectivity index (χ0n) is 13.8. The van der Waals surface area contributed by atoms with Crippen molar-refractivity contribution in [2.75, 3.05) is 13.7 Å². The number of amides is 1. The van der Waals surface area contributed by atoms with Gasteiger partial charge in [0.05, 0.1) is 12.5 Å². The maximum Gasteiger partial charge on any atom is 0.387 e. The highest BCUT2D eigenvalue weighted by Gasteiger charge is 2.29. The summed E-state index contributed by atoms with van der Waals surface area (Å²) in [7, 11) is 1.71. The standard InChI is InChI=1S/C19H19F2NO3/c1-22(12-13-5-4-6-14(11-13)25-19(20)21)18(23)16-9-10-24-17-8-3-2-7-15(16)17/h2-8,11,16,19H,9-10,12H2,1H3/t16-/m0/s1. The molecule has 4 nitrogen and oxygen atoms in total. The van der Waals surface area contributed by atoms with Gasteiger partial charge in [-0.2, -0.15) is 8.78 Å². The average molecular weight is 347 g/mol. The Morgan fingerprint density at radius 2 is 2.08 bits per heavy atom. The second-order valence-electron chi connectivity index (χ2n) is 5.95. The third-order valence-electron chi connectivity index (χ3n) is 4.18. The molecule has 2 aromatic carbocycles. The topological polar surface area (TPSA) is 38.8 Å². The number of fused-ring (bicyclic) bond motifs is 1. The maximum absolute atomic E-state index is 12.8. The Kier molecular flexibility index (Phi) is 5.16. The van der Waals surface area contributed by atoms with Crippen LogP contribution in [-0.4, -0.2) is 31.1 Å². The number of carbonyl (C=O) groups excluding carboxylic acids is 1. The number of likely N-dealkylation sites (N-methyl/N-ethyl adjacent to an activating group) is 1. The number of para-hydroxylation sites is 1. The lowest BCUT2D eigenvalue weighted by atomic mass is 9.92. The summed E-state index contributed by atoms with van der Waals surface area (Å²) in [5.41, 5.74) is 1.62. The van der Waals surface area contributed by atoms with E-state index in [2.05, 4.69) is 4.74 Å². The maximum atomic E-state index is 12.8.